The van der Waals surface area contributed by atoms with Crippen molar-refractivity contribution in [2.45, 2.75) is 0 Å². The molecule has 0 unspecified atom stereocenters. The number of anilines is 2. The number of rotatable bonds is 2. The van der Waals surface area contributed by atoms with Gasteiger partial charge >= 0.3 is 0 Å². The van der Waals surface area contributed by atoms with E-state index in [0.717, 1.165) is 48.7 Å². The molecular formula is C18H15ClN6. The summed E-state index contributed by atoms with van der Waals surface area (Å²) in [5, 5.41) is 10.9. The predicted octanol–water partition coefficient (Wildman–Crippen LogP) is 2.88. The van der Waals surface area contributed by atoms with Gasteiger partial charge in [-0.05, 0) is 30.3 Å². The van der Waals surface area contributed by atoms with Gasteiger partial charge in [0.15, 0.2) is 0 Å². The maximum absolute atomic E-state index is 9.27. The van der Waals surface area contributed by atoms with Gasteiger partial charge in [-0.15, -0.1) is 0 Å². The first kappa shape index (κ1) is 15.6. The topological polar surface area (TPSA) is 68.9 Å². The minimum absolute atomic E-state index is 0.609. The monoisotopic (exact) mass is 350 g/mol. The molecule has 1 saturated heterocycles. The molecule has 4 rings (SSSR count). The minimum atomic E-state index is 0.609. The van der Waals surface area contributed by atoms with Gasteiger partial charge in [0.2, 0.25) is 0 Å². The van der Waals surface area contributed by atoms with Gasteiger partial charge in [0.1, 0.15) is 24.0 Å². The van der Waals surface area contributed by atoms with Crippen LogP contribution in [0.5, 0.6) is 0 Å². The molecule has 1 aromatic carbocycles. The first-order valence-electron chi connectivity index (χ1n) is 8.01. The highest BCUT2D eigenvalue weighted by Gasteiger charge is 2.22. The van der Waals surface area contributed by atoms with Crippen molar-refractivity contribution in [3.05, 3.63) is 53.4 Å². The zero-order chi connectivity index (χ0) is 17.2. The molecule has 0 bridgehead atoms. The molecule has 0 N–H and O–H groups in total. The third-order valence-corrected chi connectivity index (χ3v) is 4.60. The molecule has 6 nitrogen and oxygen atoms in total. The van der Waals surface area contributed by atoms with Gasteiger partial charge in [0.05, 0.1) is 11.1 Å². The fraction of sp³-hybridized carbons (Fsp3) is 0.222. The Bertz CT molecular complexity index is 959. The van der Waals surface area contributed by atoms with Gasteiger partial charge in [0, 0.05) is 42.8 Å². The Hall–Kier alpha value is -2.91. The molecule has 7 heteroatoms. The number of nitriles is 1. The summed E-state index contributed by atoms with van der Waals surface area (Å²) in [5.74, 6) is 1.67. The Morgan fingerprint density at radius 2 is 1.72 bits per heavy atom. The lowest BCUT2D eigenvalue weighted by atomic mass is 10.2. The largest absolute Gasteiger partial charge is 0.352 e. The van der Waals surface area contributed by atoms with Crippen molar-refractivity contribution in [1.29, 1.82) is 5.26 Å². The van der Waals surface area contributed by atoms with Gasteiger partial charge in [0.25, 0.3) is 0 Å². The van der Waals surface area contributed by atoms with Crippen molar-refractivity contribution in [1.82, 2.24) is 15.0 Å². The third kappa shape index (κ3) is 2.94. The highest BCUT2D eigenvalue weighted by atomic mass is 35.5. The van der Waals surface area contributed by atoms with Crippen LogP contribution in [0.4, 0.5) is 11.6 Å². The summed E-state index contributed by atoms with van der Waals surface area (Å²) in [6.45, 7) is 3.17. The Labute approximate surface area is 150 Å². The number of hydrogen-bond donors (Lipinski definition) is 0. The summed E-state index contributed by atoms with van der Waals surface area (Å²) in [6, 6.07) is 11.5. The SMILES string of the molecule is N#Cc1cccnc1N1CCN(c2ncnc3cc(Cl)ccc23)CC1. The van der Waals surface area contributed by atoms with Crippen LogP contribution in [0.25, 0.3) is 10.9 Å². The van der Waals surface area contributed by atoms with E-state index >= 15 is 0 Å². The number of piperazine rings is 1. The third-order valence-electron chi connectivity index (χ3n) is 4.36. The molecule has 3 aromatic rings. The lowest BCUT2D eigenvalue weighted by molar-refractivity contribution is 0.642. The van der Waals surface area contributed by atoms with E-state index in [1.807, 2.05) is 18.2 Å². The van der Waals surface area contributed by atoms with E-state index in [-0.39, 0.29) is 0 Å². The van der Waals surface area contributed by atoms with Gasteiger partial charge in [-0.3, -0.25) is 0 Å². The van der Waals surface area contributed by atoms with Crippen molar-refractivity contribution >= 4 is 34.1 Å². The average Bonchev–Trinajstić information content (AvgIpc) is 2.67. The summed E-state index contributed by atoms with van der Waals surface area (Å²) < 4.78 is 0. The molecule has 0 saturated carbocycles. The molecule has 1 aliphatic heterocycles. The van der Waals surface area contributed by atoms with Crippen LogP contribution in [0.3, 0.4) is 0 Å². The second-order valence-electron chi connectivity index (χ2n) is 5.82. The van der Waals surface area contributed by atoms with E-state index in [9.17, 15) is 5.26 Å². The van der Waals surface area contributed by atoms with Crippen molar-refractivity contribution in [3.63, 3.8) is 0 Å². The smallest absolute Gasteiger partial charge is 0.146 e. The Kier molecular flexibility index (Phi) is 4.08. The number of aromatic nitrogens is 3. The van der Waals surface area contributed by atoms with E-state index in [1.54, 1.807) is 24.7 Å². The summed E-state index contributed by atoms with van der Waals surface area (Å²) in [4.78, 5) is 17.5. The normalized spacial score (nSPS) is 14.6. The molecule has 3 heterocycles. The first-order valence-corrected chi connectivity index (χ1v) is 8.39. The zero-order valence-electron chi connectivity index (χ0n) is 13.4. The van der Waals surface area contributed by atoms with Crippen LogP contribution >= 0.6 is 11.6 Å². The highest BCUT2D eigenvalue weighted by Crippen LogP contribution is 2.27. The number of benzene rings is 1. The molecule has 1 aliphatic rings. The molecule has 0 atom stereocenters. The van der Waals surface area contributed by atoms with Crippen LogP contribution < -0.4 is 9.80 Å². The maximum Gasteiger partial charge on any atom is 0.146 e. The summed E-state index contributed by atoms with van der Waals surface area (Å²) in [5.41, 5.74) is 1.45. The van der Waals surface area contributed by atoms with Gasteiger partial charge in [-0.2, -0.15) is 5.26 Å². The average molecular weight is 351 g/mol. The van der Waals surface area contributed by atoms with Crippen molar-refractivity contribution < 1.29 is 0 Å². The van der Waals surface area contributed by atoms with E-state index in [1.165, 1.54) is 0 Å². The summed E-state index contributed by atoms with van der Waals surface area (Å²) in [7, 11) is 0. The van der Waals surface area contributed by atoms with E-state index in [2.05, 4.69) is 30.8 Å². The minimum Gasteiger partial charge on any atom is -0.352 e. The second-order valence-corrected chi connectivity index (χ2v) is 6.26. The Morgan fingerprint density at radius 1 is 0.960 bits per heavy atom. The quantitative estimate of drug-likeness (QED) is 0.708. The second kappa shape index (κ2) is 6.54. The van der Waals surface area contributed by atoms with Crippen LogP contribution in [-0.2, 0) is 0 Å². The number of hydrogen-bond acceptors (Lipinski definition) is 6. The van der Waals surface area contributed by atoms with Crippen LogP contribution in [-0.4, -0.2) is 41.1 Å². The number of halogens is 1. The van der Waals surface area contributed by atoms with Crippen molar-refractivity contribution in [3.8, 4) is 6.07 Å². The van der Waals surface area contributed by atoms with Crippen LogP contribution in [0.2, 0.25) is 5.02 Å². The Morgan fingerprint density at radius 3 is 2.48 bits per heavy atom. The molecule has 25 heavy (non-hydrogen) atoms. The Balaban J connectivity index is 1.58. The zero-order valence-corrected chi connectivity index (χ0v) is 14.2. The maximum atomic E-state index is 9.27. The number of nitrogens with zero attached hydrogens (tertiary/aromatic N) is 6. The molecule has 1 fully saturated rings. The highest BCUT2D eigenvalue weighted by molar-refractivity contribution is 6.31. The fourth-order valence-corrected chi connectivity index (χ4v) is 3.30. The van der Waals surface area contributed by atoms with Crippen LogP contribution in [0.15, 0.2) is 42.9 Å². The molecule has 124 valence electrons. The van der Waals surface area contributed by atoms with E-state index in [0.29, 0.717) is 10.6 Å². The summed E-state index contributed by atoms with van der Waals surface area (Å²) >= 11 is 6.06. The fourth-order valence-electron chi connectivity index (χ4n) is 3.13. The van der Waals surface area contributed by atoms with Gasteiger partial charge in [-0.1, -0.05) is 11.6 Å². The van der Waals surface area contributed by atoms with Crippen molar-refractivity contribution in [2.24, 2.45) is 0 Å². The van der Waals surface area contributed by atoms with Gasteiger partial charge in [-0.25, -0.2) is 15.0 Å². The number of pyridine rings is 1. The van der Waals surface area contributed by atoms with E-state index in [4.69, 9.17) is 11.6 Å². The molecule has 2 aromatic heterocycles. The predicted molar refractivity (Wildman–Crippen MR) is 97.9 cm³/mol. The molecule has 0 radical (unpaired) electrons. The molecular weight excluding hydrogens is 336 g/mol. The standard InChI is InChI=1S/C18H15ClN6/c19-14-3-4-15-16(10-14)22-12-23-18(15)25-8-6-24(7-9-25)17-13(11-20)2-1-5-21-17/h1-5,10,12H,6-9H2. The summed E-state index contributed by atoms with van der Waals surface area (Å²) in [6.07, 6.45) is 3.30. The van der Waals surface area contributed by atoms with Crippen LogP contribution in [0, 0.1) is 11.3 Å². The van der Waals surface area contributed by atoms with Crippen LogP contribution in [0.1, 0.15) is 5.56 Å². The lowest BCUT2D eigenvalue weighted by Gasteiger charge is -2.36. The van der Waals surface area contributed by atoms with Gasteiger partial charge < -0.3 is 9.80 Å². The first-order chi connectivity index (χ1) is 12.3. The number of fused-ring (bicyclic) bond motifs is 1. The molecule has 0 aliphatic carbocycles. The molecule has 0 spiro atoms. The van der Waals surface area contributed by atoms with E-state index < -0.39 is 0 Å². The van der Waals surface area contributed by atoms with Crippen molar-refractivity contribution in [2.75, 3.05) is 36.0 Å². The molecule has 0 amide bonds. The lowest BCUT2D eigenvalue weighted by Crippen LogP contribution is -2.47.